The highest BCUT2D eigenvalue weighted by molar-refractivity contribution is 7.47. The third-order valence-electron chi connectivity index (χ3n) is 19.3. The number of ether oxygens (including phenoxy) is 4. The third kappa shape index (κ3) is 76.1. The summed E-state index contributed by atoms with van der Waals surface area (Å²) in [5.74, 6) is -1.31. The number of esters is 4. The fourth-order valence-electron chi connectivity index (χ4n) is 12.8. The highest BCUT2D eigenvalue weighted by Gasteiger charge is 2.30. The highest BCUT2D eigenvalue weighted by atomic mass is 31.2. The molecule has 3 N–H and O–H groups in total. The number of carbonyl (C=O) groups is 4. The van der Waals surface area contributed by atoms with E-state index in [-0.39, 0.29) is 25.7 Å². The van der Waals surface area contributed by atoms with Crippen molar-refractivity contribution in [3.8, 4) is 0 Å². The number of hydrogen-bond acceptors (Lipinski definition) is 15. The van der Waals surface area contributed by atoms with E-state index in [4.69, 9.17) is 37.0 Å². The van der Waals surface area contributed by atoms with E-state index in [2.05, 4.69) is 34.6 Å². The lowest BCUT2D eigenvalue weighted by molar-refractivity contribution is -0.161. The lowest BCUT2D eigenvalue weighted by Crippen LogP contribution is -2.30. The van der Waals surface area contributed by atoms with Crippen molar-refractivity contribution in [2.75, 3.05) is 39.6 Å². The van der Waals surface area contributed by atoms with Crippen LogP contribution in [-0.4, -0.2) is 96.7 Å². The van der Waals surface area contributed by atoms with E-state index in [0.29, 0.717) is 25.7 Å². The van der Waals surface area contributed by atoms with E-state index in [9.17, 15) is 43.2 Å². The van der Waals surface area contributed by atoms with E-state index >= 15 is 0 Å². The Morgan fingerprint density at radius 2 is 0.455 bits per heavy atom. The molecule has 600 valence electrons. The zero-order valence-electron chi connectivity index (χ0n) is 66.1. The number of rotatable bonds is 82. The molecule has 0 saturated heterocycles. The van der Waals surface area contributed by atoms with Gasteiger partial charge in [-0.25, -0.2) is 9.13 Å². The van der Waals surface area contributed by atoms with Crippen molar-refractivity contribution >= 4 is 39.5 Å². The molecule has 101 heavy (non-hydrogen) atoms. The zero-order chi connectivity index (χ0) is 74.1. The van der Waals surface area contributed by atoms with E-state index in [1.165, 1.54) is 263 Å². The fraction of sp³-hybridized carbons (Fsp3) is 0.951. The van der Waals surface area contributed by atoms with Gasteiger partial charge in [0.25, 0.3) is 0 Å². The van der Waals surface area contributed by atoms with Gasteiger partial charge in [0.15, 0.2) is 12.2 Å². The average Bonchev–Trinajstić information content (AvgIpc) is 0.922. The Kier molecular flexibility index (Phi) is 73.5. The maximum absolute atomic E-state index is 13.1. The van der Waals surface area contributed by atoms with Crippen molar-refractivity contribution in [3.63, 3.8) is 0 Å². The van der Waals surface area contributed by atoms with Gasteiger partial charge in [-0.15, -0.1) is 0 Å². The smallest absolute Gasteiger partial charge is 0.462 e. The second-order valence-corrected chi connectivity index (χ2v) is 32.9. The second-order valence-electron chi connectivity index (χ2n) is 30.0. The number of hydrogen-bond donors (Lipinski definition) is 3. The molecule has 0 amide bonds. The lowest BCUT2D eigenvalue weighted by atomic mass is 10.0. The maximum atomic E-state index is 13.1. The Morgan fingerprint density at radius 3 is 0.673 bits per heavy atom. The molecule has 0 radical (unpaired) electrons. The SMILES string of the molecule is CCCCCCCCCCCCCCCCCCCCCC(=O)O[C@H](COC(=O)CCCCCCCCCCCCCCCC(C)C)COP(=O)(O)OC[C@@H](O)COP(=O)(O)OC[C@@H](COC(=O)CCCCCCCCCCCCC)OC(=O)CCCCCCCCCCCCCCCCC. The number of unbranched alkanes of at least 4 members (excludes halogenated alkanes) is 54. The van der Waals surface area contributed by atoms with Crippen LogP contribution in [0, 0.1) is 5.92 Å². The molecular weight excluding hydrogens is 1320 g/mol. The van der Waals surface area contributed by atoms with Crippen LogP contribution in [0.25, 0.3) is 0 Å². The minimum absolute atomic E-state index is 0.109. The van der Waals surface area contributed by atoms with Crippen LogP contribution >= 0.6 is 15.6 Å². The lowest BCUT2D eigenvalue weighted by Gasteiger charge is -2.21. The van der Waals surface area contributed by atoms with E-state index in [1.807, 2.05) is 0 Å². The molecule has 0 aromatic heterocycles. The van der Waals surface area contributed by atoms with Crippen LogP contribution in [-0.2, 0) is 65.4 Å². The van der Waals surface area contributed by atoms with Gasteiger partial charge >= 0.3 is 39.5 Å². The zero-order valence-corrected chi connectivity index (χ0v) is 67.8. The van der Waals surface area contributed by atoms with Gasteiger partial charge < -0.3 is 33.8 Å². The molecule has 0 saturated carbocycles. The predicted molar refractivity (Wildman–Crippen MR) is 414 cm³/mol. The summed E-state index contributed by atoms with van der Waals surface area (Å²) in [4.78, 5) is 73.1. The van der Waals surface area contributed by atoms with Crippen LogP contribution in [0.1, 0.15) is 439 Å². The van der Waals surface area contributed by atoms with Crippen molar-refractivity contribution < 1.29 is 80.2 Å². The normalized spacial score (nSPS) is 13.8. The molecule has 5 atom stereocenters. The van der Waals surface area contributed by atoms with Crippen molar-refractivity contribution in [1.82, 2.24) is 0 Å². The fourth-order valence-corrected chi connectivity index (χ4v) is 14.3. The van der Waals surface area contributed by atoms with Crippen LogP contribution in [0.5, 0.6) is 0 Å². The molecule has 0 spiro atoms. The molecule has 0 aliphatic carbocycles. The Bertz CT molecular complexity index is 1930. The van der Waals surface area contributed by atoms with Gasteiger partial charge in [0.05, 0.1) is 26.4 Å². The predicted octanol–water partition coefficient (Wildman–Crippen LogP) is 24.8. The van der Waals surface area contributed by atoms with Gasteiger partial charge in [-0.3, -0.25) is 37.3 Å². The quantitative estimate of drug-likeness (QED) is 0.0222. The summed E-state index contributed by atoms with van der Waals surface area (Å²) in [6.07, 6.45) is 66.5. The molecule has 0 rings (SSSR count). The van der Waals surface area contributed by atoms with Gasteiger partial charge in [0.1, 0.15) is 19.3 Å². The summed E-state index contributed by atoms with van der Waals surface area (Å²) in [6.45, 7) is 7.36. The Labute approximate surface area is 619 Å². The van der Waals surface area contributed by atoms with E-state index in [1.54, 1.807) is 0 Å². The first-order valence-electron chi connectivity index (χ1n) is 42.6. The van der Waals surface area contributed by atoms with Crippen molar-refractivity contribution in [3.05, 3.63) is 0 Å². The van der Waals surface area contributed by atoms with Crippen LogP contribution in [0.2, 0.25) is 0 Å². The molecule has 0 aromatic carbocycles. The monoisotopic (exact) mass is 1480 g/mol. The van der Waals surface area contributed by atoms with Gasteiger partial charge in [-0.2, -0.15) is 0 Å². The van der Waals surface area contributed by atoms with Gasteiger partial charge in [0, 0.05) is 25.7 Å². The number of phosphoric ester groups is 2. The van der Waals surface area contributed by atoms with Gasteiger partial charge in [-0.05, 0) is 31.6 Å². The Morgan fingerprint density at radius 1 is 0.267 bits per heavy atom. The first-order valence-corrected chi connectivity index (χ1v) is 45.6. The van der Waals surface area contributed by atoms with Crippen molar-refractivity contribution in [1.29, 1.82) is 0 Å². The van der Waals surface area contributed by atoms with Crippen LogP contribution in [0.15, 0.2) is 0 Å². The van der Waals surface area contributed by atoms with Gasteiger partial charge in [-0.1, -0.05) is 388 Å². The second kappa shape index (κ2) is 74.9. The topological polar surface area (TPSA) is 237 Å². The van der Waals surface area contributed by atoms with Crippen LogP contribution in [0.4, 0.5) is 0 Å². The standard InChI is InChI=1S/C82H160O17P2/c1-6-9-12-15-18-21-24-26-28-29-30-31-33-37-43-48-53-58-63-68-82(87)99-78(72-93-80(85)66-61-56-51-46-41-38-34-35-40-44-49-54-59-64-75(4)5)74-97-101(90,91)95-70-76(83)69-94-100(88,89)96-73-77(71-92-79(84)65-60-55-50-45-39-23-20-17-14-11-8-3)98-81(86)67-62-57-52-47-42-36-32-27-25-22-19-16-13-10-7-2/h75-78,83H,6-74H2,1-5H3,(H,88,89)(H,90,91)/t76-,77+,78+/m0/s1. The van der Waals surface area contributed by atoms with Crippen LogP contribution in [0.3, 0.4) is 0 Å². The summed E-state index contributed by atoms with van der Waals surface area (Å²) in [5.41, 5.74) is 0. The van der Waals surface area contributed by atoms with Gasteiger partial charge in [0.2, 0.25) is 0 Å². The summed E-state index contributed by atoms with van der Waals surface area (Å²) >= 11 is 0. The molecule has 2 unspecified atom stereocenters. The molecule has 19 heteroatoms. The minimum atomic E-state index is -4.96. The summed E-state index contributed by atoms with van der Waals surface area (Å²) in [6, 6.07) is 0. The maximum Gasteiger partial charge on any atom is 0.472 e. The molecule has 0 heterocycles. The minimum Gasteiger partial charge on any atom is -0.462 e. The molecule has 0 bridgehead atoms. The Balaban J connectivity index is 5.25. The highest BCUT2D eigenvalue weighted by Crippen LogP contribution is 2.45. The van der Waals surface area contributed by atoms with Crippen molar-refractivity contribution in [2.24, 2.45) is 5.92 Å². The number of aliphatic hydroxyl groups is 1. The largest absolute Gasteiger partial charge is 0.472 e. The van der Waals surface area contributed by atoms with E-state index in [0.717, 1.165) is 95.8 Å². The molecule has 0 aromatic rings. The Hall–Kier alpha value is -1.94. The van der Waals surface area contributed by atoms with Crippen LogP contribution < -0.4 is 0 Å². The van der Waals surface area contributed by atoms with E-state index < -0.39 is 97.5 Å². The molecule has 0 aliphatic rings. The number of phosphoric acid groups is 2. The third-order valence-corrected chi connectivity index (χ3v) is 21.2. The molecule has 0 fully saturated rings. The molecular formula is C82H160O17P2. The average molecular weight is 1480 g/mol. The summed E-state index contributed by atoms with van der Waals surface area (Å²) < 4.78 is 68.8. The first kappa shape index (κ1) is 99.1. The molecule has 17 nitrogen and oxygen atoms in total. The number of carbonyl (C=O) groups excluding carboxylic acids is 4. The summed E-state index contributed by atoms with van der Waals surface area (Å²) in [5, 5.41) is 10.7. The van der Waals surface area contributed by atoms with Crippen molar-refractivity contribution in [2.45, 2.75) is 457 Å². The number of aliphatic hydroxyl groups excluding tert-OH is 1. The molecule has 0 aliphatic heterocycles. The first-order chi connectivity index (χ1) is 49.0. The summed E-state index contributed by atoms with van der Waals surface area (Å²) in [7, 11) is -9.92.